The summed E-state index contributed by atoms with van der Waals surface area (Å²) < 4.78 is 0. The minimum absolute atomic E-state index is 0.560. The highest BCUT2D eigenvalue weighted by molar-refractivity contribution is 4.92. The lowest BCUT2D eigenvalue weighted by Crippen LogP contribution is -2.43. The Balaban J connectivity index is 1.94. The van der Waals surface area contributed by atoms with Crippen LogP contribution in [0.2, 0.25) is 0 Å². The predicted molar refractivity (Wildman–Crippen MR) is 69.7 cm³/mol. The van der Waals surface area contributed by atoms with Crippen LogP contribution in [0.1, 0.15) is 46.0 Å². The summed E-state index contributed by atoms with van der Waals surface area (Å²) in [4.78, 5) is 2.74. The van der Waals surface area contributed by atoms with Gasteiger partial charge in [-0.25, -0.2) is 0 Å². The summed E-state index contributed by atoms with van der Waals surface area (Å²) in [6.45, 7) is 11.3. The standard InChI is InChI=1S/C14H28N2/c1-13(2)14(7-8-15-11-14)12-16-9-5-3-4-6-10-16/h13,15H,3-12H2,1-2H3. The molecule has 16 heavy (non-hydrogen) atoms. The number of likely N-dealkylation sites (tertiary alicyclic amines) is 1. The van der Waals surface area contributed by atoms with Crippen LogP contribution in [-0.4, -0.2) is 37.6 Å². The number of hydrogen-bond acceptors (Lipinski definition) is 2. The highest BCUT2D eigenvalue weighted by Gasteiger charge is 2.38. The minimum Gasteiger partial charge on any atom is -0.316 e. The van der Waals surface area contributed by atoms with E-state index in [0.29, 0.717) is 5.41 Å². The molecule has 1 unspecified atom stereocenters. The van der Waals surface area contributed by atoms with E-state index in [4.69, 9.17) is 0 Å². The molecule has 0 amide bonds. The van der Waals surface area contributed by atoms with E-state index >= 15 is 0 Å². The number of nitrogens with zero attached hydrogens (tertiary/aromatic N) is 1. The molecule has 2 fully saturated rings. The van der Waals surface area contributed by atoms with Crippen LogP contribution in [0.5, 0.6) is 0 Å². The van der Waals surface area contributed by atoms with Crippen molar-refractivity contribution in [3.63, 3.8) is 0 Å². The molecule has 0 radical (unpaired) electrons. The fourth-order valence-corrected chi connectivity index (χ4v) is 3.31. The molecule has 0 bridgehead atoms. The molecule has 0 aromatic rings. The molecule has 2 heteroatoms. The zero-order chi connectivity index (χ0) is 11.4. The first kappa shape index (κ1) is 12.4. The Hall–Kier alpha value is -0.0800. The summed E-state index contributed by atoms with van der Waals surface area (Å²) >= 11 is 0. The summed E-state index contributed by atoms with van der Waals surface area (Å²) in [5.41, 5.74) is 0.560. The van der Waals surface area contributed by atoms with Gasteiger partial charge in [0.25, 0.3) is 0 Å². The molecule has 2 saturated heterocycles. The van der Waals surface area contributed by atoms with Gasteiger partial charge in [0.1, 0.15) is 0 Å². The molecule has 0 aliphatic carbocycles. The van der Waals surface area contributed by atoms with Crippen molar-refractivity contribution in [2.75, 3.05) is 32.7 Å². The maximum Gasteiger partial charge on any atom is 0.00531 e. The first-order valence-electron chi connectivity index (χ1n) is 7.16. The topological polar surface area (TPSA) is 15.3 Å². The first-order valence-corrected chi connectivity index (χ1v) is 7.16. The SMILES string of the molecule is CC(C)C1(CN2CCCCCC2)CCNC1. The number of rotatable bonds is 3. The maximum absolute atomic E-state index is 3.57. The average molecular weight is 224 g/mol. The van der Waals surface area contributed by atoms with Gasteiger partial charge in [0.05, 0.1) is 0 Å². The smallest absolute Gasteiger partial charge is 0.00531 e. The second-order valence-electron chi connectivity index (χ2n) is 6.13. The van der Waals surface area contributed by atoms with E-state index in [1.807, 2.05) is 0 Å². The van der Waals surface area contributed by atoms with Crippen molar-refractivity contribution in [1.29, 1.82) is 0 Å². The minimum atomic E-state index is 0.560. The van der Waals surface area contributed by atoms with Crippen molar-refractivity contribution in [2.45, 2.75) is 46.0 Å². The second kappa shape index (κ2) is 5.50. The molecule has 94 valence electrons. The molecule has 2 nitrogen and oxygen atoms in total. The maximum atomic E-state index is 3.57. The Morgan fingerprint density at radius 1 is 1.12 bits per heavy atom. The monoisotopic (exact) mass is 224 g/mol. The highest BCUT2D eigenvalue weighted by atomic mass is 15.1. The van der Waals surface area contributed by atoms with Crippen LogP contribution in [0.4, 0.5) is 0 Å². The predicted octanol–water partition coefficient (Wildman–Crippen LogP) is 2.50. The molecule has 2 heterocycles. The van der Waals surface area contributed by atoms with Crippen LogP contribution in [0.15, 0.2) is 0 Å². The van der Waals surface area contributed by atoms with E-state index in [-0.39, 0.29) is 0 Å². The fourth-order valence-electron chi connectivity index (χ4n) is 3.31. The Morgan fingerprint density at radius 2 is 1.81 bits per heavy atom. The first-order chi connectivity index (χ1) is 7.73. The van der Waals surface area contributed by atoms with Crippen LogP contribution >= 0.6 is 0 Å². The van der Waals surface area contributed by atoms with Gasteiger partial charge in [0.2, 0.25) is 0 Å². The Labute approximate surface area is 101 Å². The molecule has 0 spiro atoms. The van der Waals surface area contributed by atoms with Gasteiger partial charge in [-0.15, -0.1) is 0 Å². The van der Waals surface area contributed by atoms with E-state index in [9.17, 15) is 0 Å². The zero-order valence-electron chi connectivity index (χ0n) is 11.1. The Kier molecular flexibility index (Phi) is 4.26. The van der Waals surface area contributed by atoms with Gasteiger partial charge in [-0.1, -0.05) is 26.7 Å². The van der Waals surface area contributed by atoms with Crippen molar-refractivity contribution < 1.29 is 0 Å². The second-order valence-corrected chi connectivity index (χ2v) is 6.13. The summed E-state index contributed by atoms with van der Waals surface area (Å²) in [7, 11) is 0. The molecular formula is C14H28N2. The van der Waals surface area contributed by atoms with E-state index in [0.717, 1.165) is 5.92 Å². The van der Waals surface area contributed by atoms with Crippen LogP contribution < -0.4 is 5.32 Å². The molecule has 0 aromatic carbocycles. The Morgan fingerprint density at radius 3 is 2.31 bits per heavy atom. The lowest BCUT2D eigenvalue weighted by molar-refractivity contribution is 0.120. The summed E-state index contributed by atoms with van der Waals surface area (Å²) in [6, 6.07) is 0. The van der Waals surface area contributed by atoms with Crippen LogP contribution in [0, 0.1) is 11.3 Å². The van der Waals surface area contributed by atoms with Crippen LogP contribution in [0.3, 0.4) is 0 Å². The van der Waals surface area contributed by atoms with Gasteiger partial charge in [-0.05, 0) is 50.2 Å². The average Bonchev–Trinajstić information content (AvgIpc) is 2.58. The van der Waals surface area contributed by atoms with Crippen molar-refractivity contribution in [3.05, 3.63) is 0 Å². The summed E-state index contributed by atoms with van der Waals surface area (Å²) in [5, 5.41) is 3.57. The zero-order valence-corrected chi connectivity index (χ0v) is 11.1. The molecule has 0 saturated carbocycles. The van der Waals surface area contributed by atoms with Gasteiger partial charge < -0.3 is 10.2 Å². The lowest BCUT2D eigenvalue weighted by atomic mass is 9.76. The summed E-state index contributed by atoms with van der Waals surface area (Å²) in [6.07, 6.45) is 7.11. The molecule has 2 aliphatic rings. The third-order valence-electron chi connectivity index (χ3n) is 4.74. The molecule has 2 rings (SSSR count). The Bertz CT molecular complexity index is 199. The van der Waals surface area contributed by atoms with Gasteiger partial charge in [-0.2, -0.15) is 0 Å². The molecular weight excluding hydrogens is 196 g/mol. The van der Waals surface area contributed by atoms with E-state index < -0.39 is 0 Å². The third-order valence-corrected chi connectivity index (χ3v) is 4.74. The lowest BCUT2D eigenvalue weighted by Gasteiger charge is -2.37. The molecule has 1 atom stereocenters. The van der Waals surface area contributed by atoms with Gasteiger partial charge in [0.15, 0.2) is 0 Å². The molecule has 0 aromatic heterocycles. The van der Waals surface area contributed by atoms with Crippen molar-refractivity contribution >= 4 is 0 Å². The molecule has 1 N–H and O–H groups in total. The molecule has 2 aliphatic heterocycles. The van der Waals surface area contributed by atoms with Gasteiger partial charge >= 0.3 is 0 Å². The van der Waals surface area contributed by atoms with Crippen molar-refractivity contribution in [1.82, 2.24) is 10.2 Å². The van der Waals surface area contributed by atoms with Crippen LogP contribution in [-0.2, 0) is 0 Å². The van der Waals surface area contributed by atoms with E-state index in [1.54, 1.807) is 0 Å². The van der Waals surface area contributed by atoms with Gasteiger partial charge in [0, 0.05) is 13.1 Å². The van der Waals surface area contributed by atoms with E-state index in [1.165, 1.54) is 64.8 Å². The third kappa shape index (κ3) is 2.78. The van der Waals surface area contributed by atoms with Crippen LogP contribution in [0.25, 0.3) is 0 Å². The largest absolute Gasteiger partial charge is 0.316 e. The van der Waals surface area contributed by atoms with Crippen molar-refractivity contribution in [3.8, 4) is 0 Å². The van der Waals surface area contributed by atoms with Crippen molar-refractivity contribution in [2.24, 2.45) is 11.3 Å². The normalized spacial score (nSPS) is 33.2. The number of hydrogen-bond donors (Lipinski definition) is 1. The highest BCUT2D eigenvalue weighted by Crippen LogP contribution is 2.35. The van der Waals surface area contributed by atoms with Gasteiger partial charge in [-0.3, -0.25) is 0 Å². The quantitative estimate of drug-likeness (QED) is 0.792. The fraction of sp³-hybridized carbons (Fsp3) is 1.00. The number of nitrogens with one attached hydrogen (secondary N) is 1. The summed E-state index contributed by atoms with van der Waals surface area (Å²) in [5.74, 6) is 0.811. The van der Waals surface area contributed by atoms with E-state index in [2.05, 4.69) is 24.1 Å².